The highest BCUT2D eigenvalue weighted by Gasteiger charge is 2.26. The van der Waals surface area contributed by atoms with Crippen LogP contribution in [0.1, 0.15) is 26.0 Å². The van der Waals surface area contributed by atoms with Crippen LogP contribution < -0.4 is 22.7 Å². The SMILES string of the molecule is CC[C@H](O)[C@H](O[C@H](CO)CC(=O)NN)n1ccc(N)nc1=O. The molecule has 0 saturated heterocycles. The van der Waals surface area contributed by atoms with Crippen molar-refractivity contribution in [3.8, 4) is 0 Å². The molecule has 10 heteroatoms. The largest absolute Gasteiger partial charge is 0.394 e. The minimum Gasteiger partial charge on any atom is -0.394 e. The van der Waals surface area contributed by atoms with Crippen LogP contribution in [0.25, 0.3) is 0 Å². The summed E-state index contributed by atoms with van der Waals surface area (Å²) in [6, 6.07) is 1.38. The number of hydrogen-bond donors (Lipinski definition) is 5. The Morgan fingerprint density at radius 2 is 2.27 bits per heavy atom. The number of hydrogen-bond acceptors (Lipinski definition) is 8. The van der Waals surface area contributed by atoms with Gasteiger partial charge in [0.1, 0.15) is 5.82 Å². The maximum absolute atomic E-state index is 11.9. The van der Waals surface area contributed by atoms with Crippen molar-refractivity contribution >= 4 is 11.7 Å². The maximum Gasteiger partial charge on any atom is 0.351 e. The Balaban J connectivity index is 3.02. The molecule has 0 spiro atoms. The second-order valence-electron chi connectivity index (χ2n) is 4.62. The molecule has 0 bridgehead atoms. The lowest BCUT2D eigenvalue weighted by atomic mass is 10.2. The van der Waals surface area contributed by atoms with Crippen molar-refractivity contribution in [3.05, 3.63) is 22.7 Å². The van der Waals surface area contributed by atoms with Crippen LogP contribution >= 0.6 is 0 Å². The van der Waals surface area contributed by atoms with E-state index in [0.29, 0.717) is 0 Å². The highest BCUT2D eigenvalue weighted by atomic mass is 16.5. The monoisotopic (exact) mass is 315 g/mol. The maximum atomic E-state index is 11.9. The molecule has 1 heterocycles. The number of aliphatic hydroxyl groups excluding tert-OH is 2. The second kappa shape index (κ2) is 8.44. The minimum absolute atomic E-state index is 0.0344. The highest BCUT2D eigenvalue weighted by molar-refractivity contribution is 5.75. The van der Waals surface area contributed by atoms with Gasteiger partial charge in [0.25, 0.3) is 0 Å². The summed E-state index contributed by atoms with van der Waals surface area (Å²) in [6.45, 7) is 1.20. The molecule has 1 rings (SSSR count). The molecule has 1 aromatic rings. The number of anilines is 1. The van der Waals surface area contributed by atoms with E-state index in [0.717, 1.165) is 4.57 Å². The quantitative estimate of drug-likeness (QED) is 0.206. The normalized spacial score (nSPS) is 15.1. The Bertz CT molecular complexity index is 549. The summed E-state index contributed by atoms with van der Waals surface area (Å²) in [6.07, 6.45) is -1.73. The van der Waals surface area contributed by atoms with Gasteiger partial charge in [-0.05, 0) is 12.5 Å². The van der Waals surface area contributed by atoms with Crippen LogP contribution in [0.2, 0.25) is 0 Å². The highest BCUT2D eigenvalue weighted by Crippen LogP contribution is 2.18. The van der Waals surface area contributed by atoms with E-state index < -0.39 is 36.6 Å². The number of aliphatic hydroxyl groups is 2. The lowest BCUT2D eigenvalue weighted by Crippen LogP contribution is -2.40. The minimum atomic E-state index is -1.12. The topological polar surface area (TPSA) is 166 Å². The molecular formula is C12H21N5O5. The molecule has 0 aromatic carbocycles. The third kappa shape index (κ3) is 4.77. The smallest absolute Gasteiger partial charge is 0.351 e. The molecule has 0 unspecified atom stereocenters. The van der Waals surface area contributed by atoms with Crippen LogP contribution in [0.4, 0.5) is 5.82 Å². The van der Waals surface area contributed by atoms with Crippen molar-refractivity contribution in [1.29, 1.82) is 0 Å². The van der Waals surface area contributed by atoms with Gasteiger partial charge in [0.2, 0.25) is 5.91 Å². The summed E-state index contributed by atoms with van der Waals surface area (Å²) in [5.74, 6) is 4.46. The van der Waals surface area contributed by atoms with Gasteiger partial charge in [0.15, 0.2) is 6.23 Å². The Morgan fingerprint density at radius 3 is 2.77 bits per heavy atom. The van der Waals surface area contributed by atoms with Gasteiger partial charge < -0.3 is 20.7 Å². The summed E-state index contributed by atoms with van der Waals surface area (Å²) in [5.41, 5.74) is 6.62. The summed E-state index contributed by atoms with van der Waals surface area (Å²) >= 11 is 0. The molecule has 0 aliphatic rings. The fourth-order valence-corrected chi connectivity index (χ4v) is 1.78. The second-order valence-corrected chi connectivity index (χ2v) is 4.62. The lowest BCUT2D eigenvalue weighted by Gasteiger charge is -2.28. The summed E-state index contributed by atoms with van der Waals surface area (Å²) in [5, 5.41) is 19.3. The van der Waals surface area contributed by atoms with Gasteiger partial charge in [0.05, 0.1) is 25.2 Å². The van der Waals surface area contributed by atoms with Gasteiger partial charge in [-0.25, -0.2) is 10.6 Å². The van der Waals surface area contributed by atoms with Crippen LogP contribution in [0, 0.1) is 0 Å². The number of hydrazine groups is 1. The first kappa shape index (κ1) is 18.0. The van der Waals surface area contributed by atoms with Gasteiger partial charge in [0, 0.05) is 6.20 Å². The fourth-order valence-electron chi connectivity index (χ4n) is 1.78. The molecule has 0 saturated carbocycles. The number of carbonyl (C=O) groups is 1. The number of amides is 1. The number of nitrogens with two attached hydrogens (primary N) is 2. The first-order valence-electron chi connectivity index (χ1n) is 6.71. The van der Waals surface area contributed by atoms with E-state index in [9.17, 15) is 19.8 Å². The Labute approximate surface area is 126 Å². The third-order valence-corrected chi connectivity index (χ3v) is 2.98. The molecule has 0 aliphatic heterocycles. The lowest BCUT2D eigenvalue weighted by molar-refractivity contribution is -0.145. The average Bonchev–Trinajstić information content (AvgIpc) is 2.51. The third-order valence-electron chi connectivity index (χ3n) is 2.98. The van der Waals surface area contributed by atoms with Crippen molar-refractivity contribution in [2.45, 2.75) is 38.2 Å². The molecule has 124 valence electrons. The Hall–Kier alpha value is -2.01. The first-order chi connectivity index (χ1) is 10.4. The average molecular weight is 315 g/mol. The number of rotatable bonds is 8. The van der Waals surface area contributed by atoms with Crippen LogP contribution in [0.5, 0.6) is 0 Å². The molecule has 1 amide bonds. The van der Waals surface area contributed by atoms with E-state index >= 15 is 0 Å². The van der Waals surface area contributed by atoms with Gasteiger partial charge in [-0.1, -0.05) is 6.92 Å². The van der Waals surface area contributed by atoms with Crippen molar-refractivity contribution in [2.75, 3.05) is 12.3 Å². The molecule has 10 nitrogen and oxygen atoms in total. The summed E-state index contributed by atoms with van der Waals surface area (Å²) < 4.78 is 6.55. The number of nitrogens with zero attached hydrogens (tertiary/aromatic N) is 2. The van der Waals surface area contributed by atoms with Crippen molar-refractivity contribution in [3.63, 3.8) is 0 Å². The van der Waals surface area contributed by atoms with Crippen molar-refractivity contribution in [2.24, 2.45) is 5.84 Å². The van der Waals surface area contributed by atoms with Crippen LogP contribution in [0.15, 0.2) is 17.1 Å². The zero-order valence-electron chi connectivity index (χ0n) is 12.2. The number of ether oxygens (including phenoxy) is 1. The van der Waals surface area contributed by atoms with Crippen LogP contribution in [0.3, 0.4) is 0 Å². The van der Waals surface area contributed by atoms with Gasteiger partial charge in [-0.15, -0.1) is 0 Å². The molecule has 0 aliphatic carbocycles. The zero-order valence-corrected chi connectivity index (χ0v) is 12.2. The van der Waals surface area contributed by atoms with Crippen LogP contribution in [-0.4, -0.2) is 44.5 Å². The van der Waals surface area contributed by atoms with E-state index in [1.54, 1.807) is 6.92 Å². The molecule has 7 N–H and O–H groups in total. The van der Waals surface area contributed by atoms with Gasteiger partial charge >= 0.3 is 5.69 Å². The number of carbonyl (C=O) groups excluding carboxylic acids is 1. The van der Waals surface area contributed by atoms with E-state index in [1.807, 2.05) is 5.43 Å². The van der Waals surface area contributed by atoms with Crippen molar-refractivity contribution in [1.82, 2.24) is 15.0 Å². The first-order valence-corrected chi connectivity index (χ1v) is 6.71. The number of nitrogen functional groups attached to an aromatic ring is 1. The number of nitrogens with one attached hydrogen (secondary N) is 1. The molecule has 0 radical (unpaired) electrons. The van der Waals surface area contributed by atoms with E-state index in [1.165, 1.54) is 12.3 Å². The predicted octanol–water partition coefficient (Wildman–Crippen LogP) is -2.15. The Kier molecular flexibility index (Phi) is 6.92. The molecule has 1 aromatic heterocycles. The number of aromatic nitrogens is 2. The molecular weight excluding hydrogens is 294 g/mol. The zero-order chi connectivity index (χ0) is 16.7. The van der Waals surface area contributed by atoms with Gasteiger partial charge in [-0.2, -0.15) is 4.98 Å². The standard InChI is InChI=1S/C12H21N5O5/c1-2-8(19)11(17-4-3-9(13)15-12(17)21)22-7(6-18)5-10(20)16-14/h3-4,7-8,11,18-19H,2,5-6,14H2,1H3,(H,16,20)(H2,13,15,21)/t7-,8-,11-/m0/s1. The van der Waals surface area contributed by atoms with Crippen LogP contribution in [-0.2, 0) is 9.53 Å². The summed E-state index contributed by atoms with van der Waals surface area (Å²) in [4.78, 5) is 26.7. The predicted molar refractivity (Wildman–Crippen MR) is 77.2 cm³/mol. The molecule has 0 fully saturated rings. The van der Waals surface area contributed by atoms with E-state index in [4.69, 9.17) is 16.3 Å². The van der Waals surface area contributed by atoms with E-state index in [2.05, 4.69) is 4.98 Å². The van der Waals surface area contributed by atoms with Gasteiger partial charge in [-0.3, -0.25) is 14.8 Å². The Morgan fingerprint density at radius 1 is 1.59 bits per heavy atom. The van der Waals surface area contributed by atoms with Crippen molar-refractivity contribution < 1.29 is 19.7 Å². The fraction of sp³-hybridized carbons (Fsp3) is 0.583. The molecule has 3 atom stereocenters. The summed E-state index contributed by atoms with van der Waals surface area (Å²) in [7, 11) is 0. The van der Waals surface area contributed by atoms with E-state index in [-0.39, 0.29) is 18.7 Å². The molecule has 22 heavy (non-hydrogen) atoms.